The van der Waals surface area contributed by atoms with Crippen molar-refractivity contribution in [2.75, 3.05) is 0 Å². The van der Waals surface area contributed by atoms with Gasteiger partial charge in [0.05, 0.1) is 0 Å². The molecule has 1 fully saturated rings. The lowest BCUT2D eigenvalue weighted by Gasteiger charge is -2.16. The molecule has 0 heterocycles. The summed E-state index contributed by atoms with van der Waals surface area (Å²) in [4.78, 5) is 0. The van der Waals surface area contributed by atoms with E-state index in [0.29, 0.717) is 5.41 Å². The van der Waals surface area contributed by atoms with Gasteiger partial charge in [-0.3, -0.25) is 0 Å². The lowest BCUT2D eigenvalue weighted by atomic mass is 9.90. The molecule has 0 bridgehead atoms. The van der Waals surface area contributed by atoms with E-state index in [0.717, 1.165) is 5.92 Å². The molecule has 0 aliphatic heterocycles. The predicted octanol–water partition coefficient (Wildman–Crippen LogP) is 3.08. The van der Waals surface area contributed by atoms with Crippen LogP contribution in [-0.2, 0) is 0 Å². The van der Waals surface area contributed by atoms with Crippen LogP contribution < -0.4 is 0 Å². The number of hydrogen-bond acceptors (Lipinski definition) is 0. The molecule has 0 aromatic heterocycles. The van der Waals surface area contributed by atoms with Crippen molar-refractivity contribution in [3.63, 3.8) is 0 Å². The van der Waals surface area contributed by atoms with Crippen LogP contribution in [0.4, 0.5) is 0 Å². The van der Waals surface area contributed by atoms with Gasteiger partial charge in [-0.25, -0.2) is 0 Å². The molecule has 0 radical (unpaired) electrons. The van der Waals surface area contributed by atoms with Gasteiger partial charge in [-0.2, -0.15) is 0 Å². The molecule has 50 valence electrons. The molecule has 0 unspecified atom stereocenters. The quantitative estimate of drug-likeness (QED) is 0.491. The summed E-state index contributed by atoms with van der Waals surface area (Å²) in [7, 11) is 0. The van der Waals surface area contributed by atoms with E-state index in [4.69, 9.17) is 0 Å². The Morgan fingerprint density at radius 1 is 1.38 bits per heavy atom. The molecule has 0 amide bonds. The fourth-order valence-electron chi connectivity index (χ4n) is 1.19. The molecule has 0 aromatic carbocycles. The van der Waals surface area contributed by atoms with Crippen LogP contribution in [0.3, 0.4) is 0 Å². The van der Waals surface area contributed by atoms with Crippen molar-refractivity contribution in [3.05, 3.63) is 0 Å². The molecule has 0 aromatic rings. The van der Waals surface area contributed by atoms with Crippen molar-refractivity contribution in [1.29, 1.82) is 0 Å². The summed E-state index contributed by atoms with van der Waals surface area (Å²) >= 11 is 0. The molecule has 0 spiro atoms. The Morgan fingerprint density at radius 3 is 2.00 bits per heavy atom. The second kappa shape index (κ2) is 1.75. The van der Waals surface area contributed by atoms with Crippen molar-refractivity contribution < 1.29 is 1.43 Å². The largest absolute Gasteiger partial charge is 0.0602 e. The van der Waals surface area contributed by atoms with E-state index in [1.54, 1.807) is 0 Å². The lowest BCUT2D eigenvalue weighted by molar-refractivity contribution is 0.354. The number of hydrogen-bond donors (Lipinski definition) is 0. The predicted molar refractivity (Wildman–Crippen MR) is 38.9 cm³/mol. The zero-order chi connectivity index (χ0) is 6.20. The Bertz CT molecular complexity index is 77.1. The van der Waals surface area contributed by atoms with Gasteiger partial charge in [-0.1, -0.05) is 33.6 Å². The molecule has 0 saturated heterocycles. The van der Waals surface area contributed by atoms with E-state index in [1.165, 1.54) is 19.3 Å². The van der Waals surface area contributed by atoms with Crippen molar-refractivity contribution in [2.24, 2.45) is 11.3 Å². The van der Waals surface area contributed by atoms with Crippen molar-refractivity contribution in [2.45, 2.75) is 40.0 Å². The van der Waals surface area contributed by atoms with Crippen molar-refractivity contribution >= 4 is 0 Å². The smallest absolute Gasteiger partial charge is 0 e. The van der Waals surface area contributed by atoms with Crippen LogP contribution in [0.1, 0.15) is 41.5 Å². The van der Waals surface area contributed by atoms with E-state index in [9.17, 15) is 0 Å². The monoisotopic (exact) mass is 114 g/mol. The summed E-state index contributed by atoms with van der Waals surface area (Å²) in [5.41, 5.74) is 0.584. The highest BCUT2D eigenvalue weighted by molar-refractivity contribution is 4.78. The SMILES string of the molecule is CC(C)(C)CC1CC1.[HH]. The van der Waals surface area contributed by atoms with Gasteiger partial charge in [0.15, 0.2) is 0 Å². The first-order valence-corrected chi connectivity index (χ1v) is 3.58. The molecular formula is C8H18. The van der Waals surface area contributed by atoms with Gasteiger partial charge in [-0.15, -0.1) is 0 Å². The van der Waals surface area contributed by atoms with Gasteiger partial charge in [0.2, 0.25) is 0 Å². The first-order valence-electron chi connectivity index (χ1n) is 3.58. The van der Waals surface area contributed by atoms with Gasteiger partial charge in [0, 0.05) is 1.43 Å². The zero-order valence-electron chi connectivity index (χ0n) is 6.20. The second-order valence-electron chi connectivity index (χ2n) is 4.21. The van der Waals surface area contributed by atoms with Gasteiger partial charge in [-0.05, 0) is 17.8 Å². The van der Waals surface area contributed by atoms with Crippen LogP contribution in [-0.4, -0.2) is 0 Å². The van der Waals surface area contributed by atoms with E-state index in [2.05, 4.69) is 20.8 Å². The van der Waals surface area contributed by atoms with Gasteiger partial charge < -0.3 is 0 Å². The first kappa shape index (κ1) is 6.12. The summed E-state index contributed by atoms with van der Waals surface area (Å²) in [6, 6.07) is 0. The summed E-state index contributed by atoms with van der Waals surface area (Å²) in [5, 5.41) is 0. The minimum Gasteiger partial charge on any atom is -0.0602 e. The topological polar surface area (TPSA) is 0 Å². The van der Waals surface area contributed by atoms with E-state index >= 15 is 0 Å². The standard InChI is InChI=1S/C8H16.H2/c1-8(2,3)6-7-4-5-7;/h7H,4-6H2,1-3H3;1H. The first-order chi connectivity index (χ1) is 3.58. The molecule has 1 saturated carbocycles. The molecule has 8 heavy (non-hydrogen) atoms. The Labute approximate surface area is 53.8 Å². The summed E-state index contributed by atoms with van der Waals surface area (Å²) in [6.45, 7) is 6.97. The maximum absolute atomic E-state index is 2.32. The highest BCUT2D eigenvalue weighted by Gasteiger charge is 2.26. The van der Waals surface area contributed by atoms with Crippen LogP contribution in [0.5, 0.6) is 0 Å². The summed E-state index contributed by atoms with van der Waals surface area (Å²) in [5.74, 6) is 1.09. The van der Waals surface area contributed by atoms with Gasteiger partial charge in [0.1, 0.15) is 0 Å². The summed E-state index contributed by atoms with van der Waals surface area (Å²) in [6.07, 6.45) is 4.43. The van der Waals surface area contributed by atoms with Gasteiger partial charge in [0.25, 0.3) is 0 Å². The van der Waals surface area contributed by atoms with E-state index in [-0.39, 0.29) is 1.43 Å². The van der Waals surface area contributed by atoms with Crippen molar-refractivity contribution in [1.82, 2.24) is 0 Å². The molecule has 0 heteroatoms. The van der Waals surface area contributed by atoms with Crippen LogP contribution in [0.15, 0.2) is 0 Å². The maximum Gasteiger partial charge on any atom is 0 e. The second-order valence-corrected chi connectivity index (χ2v) is 4.21. The zero-order valence-corrected chi connectivity index (χ0v) is 6.20. The minimum atomic E-state index is 0. The number of rotatable bonds is 1. The van der Waals surface area contributed by atoms with Crippen molar-refractivity contribution in [3.8, 4) is 0 Å². The summed E-state index contributed by atoms with van der Waals surface area (Å²) < 4.78 is 0. The Hall–Kier alpha value is 0. The Morgan fingerprint density at radius 2 is 1.88 bits per heavy atom. The third-order valence-electron chi connectivity index (χ3n) is 1.60. The average Bonchev–Trinajstić information content (AvgIpc) is 2.12. The van der Waals surface area contributed by atoms with Crippen LogP contribution in [0.2, 0.25) is 0 Å². The third-order valence-corrected chi connectivity index (χ3v) is 1.60. The molecule has 0 N–H and O–H groups in total. The third kappa shape index (κ3) is 2.34. The fraction of sp³-hybridized carbons (Fsp3) is 1.00. The molecule has 1 rings (SSSR count). The lowest BCUT2D eigenvalue weighted by Crippen LogP contribution is -2.04. The Kier molecular flexibility index (Phi) is 1.34. The minimum absolute atomic E-state index is 0. The fourth-order valence-corrected chi connectivity index (χ4v) is 1.19. The van der Waals surface area contributed by atoms with Gasteiger partial charge >= 0.3 is 0 Å². The molecular weight excluding hydrogens is 96.1 g/mol. The highest BCUT2D eigenvalue weighted by Crippen LogP contribution is 2.39. The van der Waals surface area contributed by atoms with E-state index < -0.39 is 0 Å². The molecule has 1 aliphatic rings. The normalized spacial score (nSPS) is 21.4. The van der Waals surface area contributed by atoms with E-state index in [1.807, 2.05) is 0 Å². The highest BCUT2D eigenvalue weighted by atomic mass is 14.3. The average molecular weight is 114 g/mol. The molecule has 1 aliphatic carbocycles. The molecule has 0 nitrogen and oxygen atoms in total. The van der Waals surface area contributed by atoms with Crippen LogP contribution >= 0.6 is 0 Å². The molecule has 0 atom stereocenters. The van der Waals surface area contributed by atoms with Crippen LogP contribution in [0, 0.1) is 11.3 Å². The maximum atomic E-state index is 2.32. The Balaban J connectivity index is 0.000000640. The van der Waals surface area contributed by atoms with Crippen LogP contribution in [0.25, 0.3) is 0 Å².